The van der Waals surface area contributed by atoms with Gasteiger partial charge in [-0.15, -0.1) is 12.4 Å². The van der Waals surface area contributed by atoms with Gasteiger partial charge in [0.25, 0.3) is 5.91 Å². The molecule has 2 aromatic rings. The van der Waals surface area contributed by atoms with Crippen LogP contribution in [-0.4, -0.2) is 19.0 Å². The van der Waals surface area contributed by atoms with Crippen LogP contribution < -0.4 is 11.1 Å². The molecule has 1 amide bonds. The van der Waals surface area contributed by atoms with Gasteiger partial charge >= 0.3 is 0 Å². The van der Waals surface area contributed by atoms with Gasteiger partial charge in [-0.3, -0.25) is 4.79 Å². The number of benzene rings is 2. The van der Waals surface area contributed by atoms with Gasteiger partial charge in [-0.05, 0) is 35.4 Å². The monoisotopic (exact) mass is 278 g/mol. The minimum atomic E-state index is -0.0407. The lowest BCUT2D eigenvalue weighted by molar-refractivity contribution is 0.0948. The van der Waals surface area contributed by atoms with Crippen LogP contribution in [0.2, 0.25) is 0 Å². The summed E-state index contributed by atoms with van der Waals surface area (Å²) in [6, 6.07) is 13.7. The van der Waals surface area contributed by atoms with Crippen molar-refractivity contribution in [2.24, 2.45) is 11.7 Å². The first kappa shape index (κ1) is 15.5. The highest BCUT2D eigenvalue weighted by Gasteiger charge is 2.07. The molecular formula is C15H19ClN2O. The molecule has 1 atom stereocenters. The summed E-state index contributed by atoms with van der Waals surface area (Å²) in [6.07, 6.45) is 0. The van der Waals surface area contributed by atoms with Crippen LogP contribution in [0, 0.1) is 5.92 Å². The molecule has 2 rings (SSSR count). The van der Waals surface area contributed by atoms with Gasteiger partial charge in [-0.25, -0.2) is 0 Å². The summed E-state index contributed by atoms with van der Waals surface area (Å²) in [4.78, 5) is 12.0. The fourth-order valence-corrected chi connectivity index (χ4v) is 1.78. The molecule has 0 heterocycles. The third-order valence-electron chi connectivity index (χ3n) is 3.03. The third-order valence-corrected chi connectivity index (χ3v) is 3.03. The first-order valence-corrected chi connectivity index (χ1v) is 6.18. The molecule has 102 valence electrons. The number of amides is 1. The fourth-order valence-electron chi connectivity index (χ4n) is 1.78. The Morgan fingerprint density at radius 1 is 1.21 bits per heavy atom. The van der Waals surface area contributed by atoms with E-state index in [4.69, 9.17) is 5.73 Å². The van der Waals surface area contributed by atoms with Crippen molar-refractivity contribution in [2.75, 3.05) is 13.1 Å². The molecule has 3 N–H and O–H groups in total. The summed E-state index contributed by atoms with van der Waals surface area (Å²) < 4.78 is 0. The number of fused-ring (bicyclic) bond motifs is 1. The lowest BCUT2D eigenvalue weighted by Crippen LogP contribution is -2.31. The normalized spacial score (nSPS) is 11.7. The molecular weight excluding hydrogens is 260 g/mol. The molecule has 0 bridgehead atoms. The molecule has 4 heteroatoms. The Morgan fingerprint density at radius 3 is 2.58 bits per heavy atom. The van der Waals surface area contributed by atoms with Gasteiger partial charge in [0, 0.05) is 12.1 Å². The van der Waals surface area contributed by atoms with Gasteiger partial charge in [-0.2, -0.15) is 0 Å². The van der Waals surface area contributed by atoms with Gasteiger partial charge < -0.3 is 11.1 Å². The van der Waals surface area contributed by atoms with E-state index in [9.17, 15) is 4.79 Å². The Kier molecular flexibility index (Phi) is 5.80. The van der Waals surface area contributed by atoms with E-state index in [1.54, 1.807) is 0 Å². The molecule has 2 aromatic carbocycles. The van der Waals surface area contributed by atoms with Crippen molar-refractivity contribution < 1.29 is 4.79 Å². The molecule has 0 saturated carbocycles. The molecule has 0 aliphatic carbocycles. The van der Waals surface area contributed by atoms with Crippen molar-refractivity contribution in [3.05, 3.63) is 48.0 Å². The van der Waals surface area contributed by atoms with E-state index in [2.05, 4.69) is 5.32 Å². The molecule has 0 fully saturated rings. The summed E-state index contributed by atoms with van der Waals surface area (Å²) in [7, 11) is 0. The van der Waals surface area contributed by atoms with Gasteiger partial charge in [-0.1, -0.05) is 37.3 Å². The predicted molar refractivity (Wildman–Crippen MR) is 81.7 cm³/mol. The van der Waals surface area contributed by atoms with Gasteiger partial charge in [0.1, 0.15) is 0 Å². The average molecular weight is 279 g/mol. The molecule has 0 spiro atoms. The first-order valence-electron chi connectivity index (χ1n) is 6.18. The van der Waals surface area contributed by atoms with E-state index >= 15 is 0 Å². The van der Waals surface area contributed by atoms with Crippen LogP contribution in [0.4, 0.5) is 0 Å². The Balaban J connectivity index is 0.00000180. The lowest BCUT2D eigenvalue weighted by Gasteiger charge is -2.10. The second kappa shape index (κ2) is 7.12. The Bertz CT molecular complexity index is 557. The lowest BCUT2D eigenvalue weighted by atomic mass is 10.1. The summed E-state index contributed by atoms with van der Waals surface area (Å²) in [5.41, 5.74) is 6.21. The molecule has 19 heavy (non-hydrogen) atoms. The summed E-state index contributed by atoms with van der Waals surface area (Å²) in [5, 5.41) is 5.12. The van der Waals surface area contributed by atoms with Gasteiger partial charge in [0.05, 0.1) is 0 Å². The fraction of sp³-hybridized carbons (Fsp3) is 0.267. The van der Waals surface area contributed by atoms with Crippen molar-refractivity contribution in [3.8, 4) is 0 Å². The smallest absolute Gasteiger partial charge is 0.251 e. The number of hydrogen-bond donors (Lipinski definition) is 2. The number of rotatable bonds is 4. The van der Waals surface area contributed by atoms with Crippen LogP contribution in [-0.2, 0) is 0 Å². The molecule has 0 aliphatic rings. The SMILES string of the molecule is CC(CN)CNC(=O)c1ccc2ccccc2c1.Cl. The van der Waals surface area contributed by atoms with Crippen molar-refractivity contribution in [1.29, 1.82) is 0 Å². The highest BCUT2D eigenvalue weighted by atomic mass is 35.5. The maximum absolute atomic E-state index is 12.0. The minimum absolute atomic E-state index is 0. The van der Waals surface area contributed by atoms with Crippen LogP contribution in [0.15, 0.2) is 42.5 Å². The van der Waals surface area contributed by atoms with Crippen molar-refractivity contribution in [2.45, 2.75) is 6.92 Å². The molecule has 0 saturated heterocycles. The van der Waals surface area contributed by atoms with Gasteiger partial charge in [0.15, 0.2) is 0 Å². The highest BCUT2D eigenvalue weighted by Crippen LogP contribution is 2.15. The molecule has 0 aliphatic heterocycles. The highest BCUT2D eigenvalue weighted by molar-refractivity contribution is 5.98. The summed E-state index contributed by atoms with van der Waals surface area (Å²) >= 11 is 0. The Morgan fingerprint density at radius 2 is 1.89 bits per heavy atom. The predicted octanol–water partition coefficient (Wildman–Crippen LogP) is 2.59. The zero-order chi connectivity index (χ0) is 13.0. The number of nitrogens with one attached hydrogen (secondary N) is 1. The number of halogens is 1. The van der Waals surface area contributed by atoms with E-state index in [-0.39, 0.29) is 18.3 Å². The average Bonchev–Trinajstić information content (AvgIpc) is 2.43. The van der Waals surface area contributed by atoms with Crippen molar-refractivity contribution in [3.63, 3.8) is 0 Å². The van der Waals surface area contributed by atoms with Crippen LogP contribution in [0.25, 0.3) is 10.8 Å². The molecule has 3 nitrogen and oxygen atoms in total. The zero-order valence-corrected chi connectivity index (χ0v) is 11.7. The van der Waals surface area contributed by atoms with Crippen molar-refractivity contribution in [1.82, 2.24) is 5.32 Å². The maximum Gasteiger partial charge on any atom is 0.251 e. The quantitative estimate of drug-likeness (QED) is 0.903. The number of nitrogens with two attached hydrogens (primary N) is 1. The van der Waals surface area contributed by atoms with Crippen LogP contribution in [0.3, 0.4) is 0 Å². The number of carbonyl (C=O) groups excluding carboxylic acids is 1. The molecule has 1 unspecified atom stereocenters. The van der Waals surface area contributed by atoms with Crippen LogP contribution in [0.1, 0.15) is 17.3 Å². The second-order valence-corrected chi connectivity index (χ2v) is 4.61. The number of hydrogen-bond acceptors (Lipinski definition) is 2. The van der Waals surface area contributed by atoms with E-state index in [0.717, 1.165) is 10.8 Å². The first-order chi connectivity index (χ1) is 8.70. The van der Waals surface area contributed by atoms with E-state index < -0.39 is 0 Å². The van der Waals surface area contributed by atoms with Gasteiger partial charge in [0.2, 0.25) is 0 Å². The second-order valence-electron chi connectivity index (χ2n) is 4.61. The largest absolute Gasteiger partial charge is 0.352 e. The standard InChI is InChI=1S/C15H18N2O.ClH/c1-11(9-16)10-17-15(18)14-7-6-12-4-2-3-5-13(12)8-14;/h2-8,11H,9-10,16H2,1H3,(H,17,18);1H. The maximum atomic E-state index is 12.0. The molecule has 0 radical (unpaired) electrons. The minimum Gasteiger partial charge on any atom is -0.352 e. The zero-order valence-electron chi connectivity index (χ0n) is 10.9. The molecule has 0 aromatic heterocycles. The Labute approximate surface area is 119 Å². The van der Waals surface area contributed by atoms with Crippen molar-refractivity contribution >= 4 is 29.1 Å². The van der Waals surface area contributed by atoms with Crippen LogP contribution >= 0.6 is 12.4 Å². The number of carbonyl (C=O) groups is 1. The van der Waals surface area contributed by atoms with E-state index in [1.165, 1.54) is 0 Å². The summed E-state index contributed by atoms with van der Waals surface area (Å²) in [6.45, 7) is 3.21. The van der Waals surface area contributed by atoms with E-state index in [0.29, 0.717) is 24.6 Å². The Hall–Kier alpha value is -1.58. The topological polar surface area (TPSA) is 55.1 Å². The summed E-state index contributed by atoms with van der Waals surface area (Å²) in [5.74, 6) is 0.260. The third kappa shape index (κ3) is 3.94. The van der Waals surface area contributed by atoms with Crippen LogP contribution in [0.5, 0.6) is 0 Å². The van der Waals surface area contributed by atoms with E-state index in [1.807, 2.05) is 49.4 Å².